The molecule has 2 aliphatic rings. The number of pyridine rings is 1. The van der Waals surface area contributed by atoms with Crippen LogP contribution in [0.15, 0.2) is 24.3 Å². The molecule has 0 atom stereocenters. The molecule has 3 heterocycles. The van der Waals surface area contributed by atoms with E-state index in [1.807, 2.05) is 4.72 Å². The highest BCUT2D eigenvalue weighted by molar-refractivity contribution is 7.92. The van der Waals surface area contributed by atoms with Gasteiger partial charge in [-0.05, 0) is 18.2 Å². The van der Waals surface area contributed by atoms with Gasteiger partial charge in [0.15, 0.2) is 0 Å². The summed E-state index contributed by atoms with van der Waals surface area (Å²) >= 11 is 0. The van der Waals surface area contributed by atoms with Gasteiger partial charge in [-0.15, -0.1) is 0 Å². The number of hydrogen-bond acceptors (Lipinski definition) is 8. The molecule has 2 fully saturated rings. The molecule has 2 N–H and O–H groups in total. The number of nitrogens with zero attached hydrogens (tertiary/aromatic N) is 3. The van der Waals surface area contributed by atoms with Gasteiger partial charge in [0, 0.05) is 31.1 Å². The molecule has 0 saturated carbocycles. The van der Waals surface area contributed by atoms with Gasteiger partial charge in [0.25, 0.3) is 5.91 Å². The lowest BCUT2D eigenvalue weighted by Crippen LogP contribution is -2.38. The SMILES string of the molecule is O=C1CN(c2cc3nc(OCCN4CCOCC4)ccc3cc2O)S(=O)(=O)N1. The fourth-order valence-corrected chi connectivity index (χ4v) is 4.33. The largest absolute Gasteiger partial charge is 0.506 e. The number of aromatic nitrogens is 1. The number of rotatable bonds is 5. The number of carbonyl (C=O) groups excluding carboxylic acids is 1. The van der Waals surface area contributed by atoms with Crippen molar-refractivity contribution in [2.24, 2.45) is 0 Å². The van der Waals surface area contributed by atoms with Crippen LogP contribution in [-0.2, 0) is 19.7 Å². The molecule has 28 heavy (non-hydrogen) atoms. The summed E-state index contributed by atoms with van der Waals surface area (Å²) < 4.78 is 37.8. The summed E-state index contributed by atoms with van der Waals surface area (Å²) in [6.45, 7) is 4.00. The first-order valence-electron chi connectivity index (χ1n) is 8.82. The minimum Gasteiger partial charge on any atom is -0.506 e. The van der Waals surface area contributed by atoms with Crippen molar-refractivity contribution >= 4 is 32.7 Å². The molecule has 0 unspecified atom stereocenters. The minimum absolute atomic E-state index is 0.0104. The number of ether oxygens (including phenoxy) is 2. The fourth-order valence-electron chi connectivity index (χ4n) is 3.17. The lowest BCUT2D eigenvalue weighted by molar-refractivity contribution is -0.117. The van der Waals surface area contributed by atoms with Crippen LogP contribution < -0.4 is 13.8 Å². The summed E-state index contributed by atoms with van der Waals surface area (Å²) in [4.78, 5) is 18.1. The second kappa shape index (κ2) is 7.41. The Morgan fingerprint density at radius 3 is 2.75 bits per heavy atom. The highest BCUT2D eigenvalue weighted by Crippen LogP contribution is 2.34. The summed E-state index contributed by atoms with van der Waals surface area (Å²) in [7, 11) is -4.02. The van der Waals surface area contributed by atoms with Gasteiger partial charge in [0.1, 0.15) is 18.9 Å². The van der Waals surface area contributed by atoms with Gasteiger partial charge in [0.05, 0.1) is 24.4 Å². The van der Waals surface area contributed by atoms with E-state index < -0.39 is 22.7 Å². The van der Waals surface area contributed by atoms with Crippen LogP contribution in [0.1, 0.15) is 0 Å². The lowest BCUT2D eigenvalue weighted by Gasteiger charge is -2.26. The van der Waals surface area contributed by atoms with Gasteiger partial charge in [-0.25, -0.2) is 14.0 Å². The fraction of sp³-hybridized carbons (Fsp3) is 0.412. The zero-order chi connectivity index (χ0) is 19.7. The summed E-state index contributed by atoms with van der Waals surface area (Å²) in [5, 5.41) is 10.8. The Labute approximate surface area is 161 Å². The third-order valence-electron chi connectivity index (χ3n) is 4.61. The summed E-state index contributed by atoms with van der Waals surface area (Å²) in [5.41, 5.74) is 0.440. The number of morpholine rings is 1. The van der Waals surface area contributed by atoms with E-state index in [-0.39, 0.29) is 11.4 Å². The highest BCUT2D eigenvalue weighted by Gasteiger charge is 2.35. The van der Waals surface area contributed by atoms with E-state index in [0.29, 0.717) is 23.4 Å². The number of carbonyl (C=O) groups is 1. The van der Waals surface area contributed by atoms with E-state index in [1.165, 1.54) is 12.1 Å². The van der Waals surface area contributed by atoms with Gasteiger partial charge >= 0.3 is 10.2 Å². The summed E-state index contributed by atoms with van der Waals surface area (Å²) in [6, 6.07) is 6.26. The first kappa shape index (κ1) is 18.7. The Morgan fingerprint density at radius 1 is 1.25 bits per heavy atom. The van der Waals surface area contributed by atoms with Crippen molar-refractivity contribution in [3.8, 4) is 11.6 Å². The lowest BCUT2D eigenvalue weighted by atomic mass is 10.2. The van der Waals surface area contributed by atoms with Crippen molar-refractivity contribution in [2.75, 3.05) is 50.3 Å². The van der Waals surface area contributed by atoms with Gasteiger partial charge in [-0.3, -0.25) is 9.69 Å². The van der Waals surface area contributed by atoms with Crippen LogP contribution >= 0.6 is 0 Å². The van der Waals surface area contributed by atoms with Crippen LogP contribution in [0.4, 0.5) is 5.69 Å². The Bertz CT molecular complexity index is 1010. The molecular formula is C17H20N4O6S. The Balaban J connectivity index is 1.53. The monoisotopic (exact) mass is 408 g/mol. The molecule has 0 bridgehead atoms. The van der Waals surface area contributed by atoms with Crippen LogP contribution in [-0.4, -0.2) is 75.3 Å². The van der Waals surface area contributed by atoms with Crippen molar-refractivity contribution in [1.82, 2.24) is 14.6 Å². The highest BCUT2D eigenvalue weighted by atomic mass is 32.2. The Kier molecular flexibility index (Phi) is 4.96. The van der Waals surface area contributed by atoms with Crippen LogP contribution in [0.25, 0.3) is 10.9 Å². The number of benzene rings is 1. The average molecular weight is 408 g/mol. The van der Waals surface area contributed by atoms with Crippen molar-refractivity contribution in [3.63, 3.8) is 0 Å². The predicted molar refractivity (Wildman–Crippen MR) is 101 cm³/mol. The van der Waals surface area contributed by atoms with E-state index in [0.717, 1.165) is 37.2 Å². The molecule has 0 spiro atoms. The Morgan fingerprint density at radius 2 is 2.04 bits per heavy atom. The van der Waals surface area contributed by atoms with Gasteiger partial charge < -0.3 is 14.6 Å². The van der Waals surface area contributed by atoms with E-state index in [4.69, 9.17) is 9.47 Å². The van der Waals surface area contributed by atoms with Gasteiger partial charge in [-0.2, -0.15) is 8.42 Å². The molecule has 1 aromatic carbocycles. The van der Waals surface area contributed by atoms with E-state index in [2.05, 4.69) is 9.88 Å². The zero-order valence-electron chi connectivity index (χ0n) is 15.0. The molecule has 1 amide bonds. The summed E-state index contributed by atoms with van der Waals surface area (Å²) in [6.07, 6.45) is 0. The predicted octanol–water partition coefficient (Wildman–Crippen LogP) is -0.168. The second-order valence-electron chi connectivity index (χ2n) is 6.52. The number of nitrogens with one attached hydrogen (secondary N) is 1. The molecule has 150 valence electrons. The van der Waals surface area contributed by atoms with E-state index in [9.17, 15) is 18.3 Å². The van der Waals surface area contributed by atoms with Gasteiger partial charge in [-0.1, -0.05) is 0 Å². The standard InChI is InChI=1S/C17H20N4O6S/c22-15-9-12-1-2-17(27-8-5-20-3-6-26-7-4-20)18-13(12)10-14(15)21-11-16(23)19-28(21,24)25/h1-2,9-10,22H,3-8,11H2,(H,19,23). The molecule has 11 heteroatoms. The Hall–Kier alpha value is -2.63. The zero-order valence-corrected chi connectivity index (χ0v) is 15.8. The topological polar surface area (TPSA) is 121 Å². The van der Waals surface area contributed by atoms with Crippen molar-refractivity contribution in [2.45, 2.75) is 0 Å². The molecule has 2 aliphatic heterocycles. The molecule has 1 aromatic heterocycles. The van der Waals surface area contributed by atoms with Crippen molar-refractivity contribution < 1.29 is 27.8 Å². The van der Waals surface area contributed by atoms with Crippen molar-refractivity contribution in [1.29, 1.82) is 0 Å². The first-order chi connectivity index (χ1) is 13.4. The van der Waals surface area contributed by atoms with Crippen LogP contribution in [0.5, 0.6) is 11.6 Å². The number of phenols is 1. The molecule has 2 aromatic rings. The smallest absolute Gasteiger partial charge is 0.326 e. The number of hydrogen-bond donors (Lipinski definition) is 2. The van der Waals surface area contributed by atoms with E-state index >= 15 is 0 Å². The number of fused-ring (bicyclic) bond motifs is 1. The maximum Gasteiger partial charge on any atom is 0.326 e. The number of anilines is 1. The molecule has 0 aliphatic carbocycles. The minimum atomic E-state index is -4.02. The first-order valence-corrected chi connectivity index (χ1v) is 10.3. The maximum atomic E-state index is 12.0. The van der Waals surface area contributed by atoms with Crippen LogP contribution in [0.2, 0.25) is 0 Å². The van der Waals surface area contributed by atoms with Crippen LogP contribution in [0, 0.1) is 0 Å². The quantitative estimate of drug-likeness (QED) is 0.700. The van der Waals surface area contributed by atoms with E-state index in [1.54, 1.807) is 12.1 Å². The molecule has 10 nitrogen and oxygen atoms in total. The van der Waals surface area contributed by atoms with Gasteiger partial charge in [0.2, 0.25) is 5.88 Å². The third-order valence-corrected chi connectivity index (χ3v) is 6.00. The number of amides is 1. The third kappa shape index (κ3) is 3.81. The number of aromatic hydroxyl groups is 1. The average Bonchev–Trinajstić information content (AvgIpc) is 2.94. The van der Waals surface area contributed by atoms with Crippen molar-refractivity contribution in [3.05, 3.63) is 24.3 Å². The van der Waals surface area contributed by atoms with Crippen LogP contribution in [0.3, 0.4) is 0 Å². The molecular weight excluding hydrogens is 388 g/mol. The maximum absolute atomic E-state index is 12.0. The normalized spacial score (nSPS) is 19.7. The second-order valence-corrected chi connectivity index (χ2v) is 8.12. The molecule has 4 rings (SSSR count). The number of phenolic OH excluding ortho intramolecular Hbond substituents is 1. The molecule has 0 radical (unpaired) electrons. The summed E-state index contributed by atoms with van der Waals surface area (Å²) in [5.74, 6) is -0.515. The molecule has 2 saturated heterocycles.